The highest BCUT2D eigenvalue weighted by Crippen LogP contribution is 2.13. The van der Waals surface area contributed by atoms with Gasteiger partial charge in [-0.15, -0.1) is 10.2 Å². The van der Waals surface area contributed by atoms with Crippen LogP contribution in [0.4, 0.5) is 5.69 Å². The number of nitrogens with two attached hydrogens (primary N) is 1. The first kappa shape index (κ1) is 15.7. The van der Waals surface area contributed by atoms with Crippen LogP contribution in [0.5, 0.6) is 0 Å². The summed E-state index contributed by atoms with van der Waals surface area (Å²) in [5.74, 6) is -0.0717. The number of amides is 1. The third-order valence-electron chi connectivity index (χ3n) is 2.98. The minimum Gasteiger partial charge on any atom is -0.321 e. The van der Waals surface area contributed by atoms with E-state index < -0.39 is 15.9 Å². The van der Waals surface area contributed by atoms with Crippen LogP contribution in [0.3, 0.4) is 0 Å². The second-order valence-corrected chi connectivity index (χ2v) is 6.20. The Hall–Kier alpha value is -3.18. The van der Waals surface area contributed by atoms with Gasteiger partial charge < -0.3 is 5.32 Å². The van der Waals surface area contributed by atoms with Gasteiger partial charge in [0.15, 0.2) is 11.5 Å². The van der Waals surface area contributed by atoms with E-state index in [1.807, 2.05) is 0 Å². The molecule has 3 rings (SSSR count). The van der Waals surface area contributed by atoms with Crippen molar-refractivity contribution in [3.05, 3.63) is 54.7 Å². The van der Waals surface area contributed by atoms with Crippen molar-refractivity contribution in [1.29, 1.82) is 0 Å². The molecule has 2 heterocycles. The maximum atomic E-state index is 12.1. The molecule has 0 radical (unpaired) electrons. The molecular weight excluding hydrogens is 334 g/mol. The predicted molar refractivity (Wildman–Crippen MR) is 82.7 cm³/mol. The molecule has 10 nitrogen and oxygen atoms in total. The van der Waals surface area contributed by atoms with Crippen LogP contribution in [0.1, 0.15) is 10.5 Å². The molecule has 0 unspecified atom stereocenters. The molecule has 0 atom stereocenters. The molecule has 0 aliphatic rings. The standard InChI is InChI=1S/C13H11N7O3S/c14-24(22,23)10-3-1-9(2-4-10)17-13(21)11-5-6-12(19-18-11)20-8-15-7-16-20/h1-8H,(H,17,21)(H2,14,22,23). The SMILES string of the molecule is NS(=O)(=O)c1ccc(NC(=O)c2ccc(-n3cncn3)nn2)cc1. The number of carbonyl (C=O) groups is 1. The predicted octanol–water partition coefficient (Wildman–Crippen LogP) is -0.0430. The van der Waals surface area contributed by atoms with Crippen LogP contribution in [0.15, 0.2) is 53.9 Å². The van der Waals surface area contributed by atoms with Crippen LogP contribution in [-0.2, 0) is 10.0 Å². The molecule has 122 valence electrons. The van der Waals surface area contributed by atoms with Crippen LogP contribution < -0.4 is 10.5 Å². The number of nitrogens with zero attached hydrogens (tertiary/aromatic N) is 5. The molecule has 11 heteroatoms. The first-order valence-electron chi connectivity index (χ1n) is 6.56. The van der Waals surface area contributed by atoms with Crippen LogP contribution in [-0.4, -0.2) is 39.3 Å². The zero-order valence-electron chi connectivity index (χ0n) is 12.1. The third kappa shape index (κ3) is 3.42. The van der Waals surface area contributed by atoms with Gasteiger partial charge in [-0.25, -0.2) is 23.2 Å². The Morgan fingerprint density at radius 1 is 1.08 bits per heavy atom. The smallest absolute Gasteiger partial charge is 0.276 e. The second-order valence-electron chi connectivity index (χ2n) is 4.64. The molecule has 0 saturated heterocycles. The summed E-state index contributed by atoms with van der Waals surface area (Å²) in [6.45, 7) is 0. The number of rotatable bonds is 4. The fourth-order valence-electron chi connectivity index (χ4n) is 1.82. The van der Waals surface area contributed by atoms with Gasteiger partial charge in [0, 0.05) is 5.69 Å². The van der Waals surface area contributed by atoms with Crippen molar-refractivity contribution in [3.8, 4) is 5.82 Å². The lowest BCUT2D eigenvalue weighted by atomic mass is 10.3. The van der Waals surface area contributed by atoms with Crippen molar-refractivity contribution >= 4 is 21.6 Å². The molecule has 0 saturated carbocycles. The number of nitrogens with one attached hydrogen (secondary N) is 1. The average molecular weight is 345 g/mol. The number of carbonyl (C=O) groups excluding carboxylic acids is 1. The molecule has 0 aliphatic heterocycles. The highest BCUT2D eigenvalue weighted by molar-refractivity contribution is 7.89. The quantitative estimate of drug-likeness (QED) is 0.674. The summed E-state index contributed by atoms with van der Waals surface area (Å²) in [5, 5.41) is 19.2. The van der Waals surface area contributed by atoms with Crippen molar-refractivity contribution in [3.63, 3.8) is 0 Å². The Bertz CT molecular complexity index is 952. The highest BCUT2D eigenvalue weighted by Gasteiger charge is 2.11. The Labute approximate surface area is 136 Å². The number of primary sulfonamides is 1. The first-order chi connectivity index (χ1) is 11.4. The van der Waals surface area contributed by atoms with Crippen molar-refractivity contribution < 1.29 is 13.2 Å². The highest BCUT2D eigenvalue weighted by atomic mass is 32.2. The number of aromatic nitrogens is 5. The summed E-state index contributed by atoms with van der Waals surface area (Å²) in [6, 6.07) is 8.50. The van der Waals surface area contributed by atoms with E-state index in [0.717, 1.165) is 0 Å². The number of hydrogen-bond acceptors (Lipinski definition) is 7. The van der Waals surface area contributed by atoms with Crippen molar-refractivity contribution in [2.45, 2.75) is 4.90 Å². The number of hydrogen-bond donors (Lipinski definition) is 2. The molecule has 3 N–H and O–H groups in total. The fraction of sp³-hybridized carbons (Fsp3) is 0. The summed E-state index contributed by atoms with van der Waals surface area (Å²) < 4.78 is 23.8. The Morgan fingerprint density at radius 2 is 1.83 bits per heavy atom. The number of benzene rings is 1. The van der Waals surface area contributed by atoms with Gasteiger partial charge in [0.05, 0.1) is 4.90 Å². The van der Waals surface area contributed by atoms with Gasteiger partial charge in [-0.2, -0.15) is 5.10 Å². The monoisotopic (exact) mass is 345 g/mol. The lowest BCUT2D eigenvalue weighted by Crippen LogP contribution is -2.15. The van der Waals surface area contributed by atoms with Crippen molar-refractivity contribution in [1.82, 2.24) is 25.0 Å². The number of sulfonamides is 1. The van der Waals surface area contributed by atoms with E-state index in [2.05, 4.69) is 25.6 Å². The lowest BCUT2D eigenvalue weighted by molar-refractivity contribution is 0.102. The van der Waals surface area contributed by atoms with Crippen molar-refractivity contribution in [2.75, 3.05) is 5.32 Å². The summed E-state index contributed by atoms with van der Waals surface area (Å²) in [5.41, 5.74) is 0.490. The largest absolute Gasteiger partial charge is 0.321 e. The summed E-state index contributed by atoms with van der Waals surface area (Å²) >= 11 is 0. The second kappa shape index (κ2) is 6.14. The molecule has 2 aromatic heterocycles. The summed E-state index contributed by atoms with van der Waals surface area (Å²) in [7, 11) is -3.77. The van der Waals surface area contributed by atoms with Gasteiger partial charge in [0.25, 0.3) is 5.91 Å². The van der Waals surface area contributed by atoms with E-state index in [4.69, 9.17) is 5.14 Å². The van der Waals surface area contributed by atoms with E-state index in [0.29, 0.717) is 11.5 Å². The normalized spacial score (nSPS) is 11.2. The molecule has 1 aromatic carbocycles. The first-order valence-corrected chi connectivity index (χ1v) is 8.11. The van der Waals surface area contributed by atoms with E-state index in [9.17, 15) is 13.2 Å². The molecule has 3 aromatic rings. The van der Waals surface area contributed by atoms with Gasteiger partial charge >= 0.3 is 0 Å². The molecule has 0 aliphatic carbocycles. The average Bonchev–Trinajstić information content (AvgIpc) is 3.09. The van der Waals surface area contributed by atoms with Gasteiger partial charge in [-0.3, -0.25) is 4.79 Å². The van der Waals surface area contributed by atoms with E-state index >= 15 is 0 Å². The Morgan fingerprint density at radius 3 is 2.38 bits per heavy atom. The van der Waals surface area contributed by atoms with Crippen LogP contribution in [0.2, 0.25) is 0 Å². The topological polar surface area (TPSA) is 146 Å². The Kier molecular flexibility index (Phi) is 4.02. The molecule has 0 spiro atoms. The Balaban J connectivity index is 1.73. The molecule has 0 fully saturated rings. The van der Waals surface area contributed by atoms with Gasteiger partial charge in [-0.1, -0.05) is 0 Å². The molecular formula is C13H11N7O3S. The zero-order valence-corrected chi connectivity index (χ0v) is 12.9. The minimum absolute atomic E-state index is 0.0440. The fourth-order valence-corrected chi connectivity index (χ4v) is 2.33. The molecule has 24 heavy (non-hydrogen) atoms. The lowest BCUT2D eigenvalue weighted by Gasteiger charge is -2.05. The van der Waals surface area contributed by atoms with Gasteiger partial charge in [0.1, 0.15) is 12.7 Å². The summed E-state index contributed by atoms with van der Waals surface area (Å²) in [6.07, 6.45) is 2.81. The van der Waals surface area contributed by atoms with E-state index in [1.165, 1.54) is 47.7 Å². The van der Waals surface area contributed by atoms with E-state index in [1.54, 1.807) is 6.07 Å². The van der Waals surface area contributed by atoms with Gasteiger partial charge in [0.2, 0.25) is 10.0 Å². The third-order valence-corrected chi connectivity index (χ3v) is 3.91. The van der Waals surface area contributed by atoms with Crippen LogP contribution in [0, 0.1) is 0 Å². The van der Waals surface area contributed by atoms with E-state index in [-0.39, 0.29) is 10.6 Å². The number of anilines is 1. The van der Waals surface area contributed by atoms with Crippen LogP contribution >= 0.6 is 0 Å². The molecule has 0 bridgehead atoms. The zero-order chi connectivity index (χ0) is 17.2. The summed E-state index contributed by atoms with van der Waals surface area (Å²) in [4.78, 5) is 15.8. The minimum atomic E-state index is -3.77. The maximum Gasteiger partial charge on any atom is 0.276 e. The van der Waals surface area contributed by atoms with Crippen LogP contribution in [0.25, 0.3) is 5.82 Å². The maximum absolute atomic E-state index is 12.1. The van der Waals surface area contributed by atoms with Gasteiger partial charge in [-0.05, 0) is 36.4 Å². The van der Waals surface area contributed by atoms with Crippen molar-refractivity contribution in [2.24, 2.45) is 5.14 Å². The molecule has 1 amide bonds.